The lowest BCUT2D eigenvalue weighted by atomic mass is 10.1. The fourth-order valence-electron chi connectivity index (χ4n) is 2.80. The lowest BCUT2D eigenvalue weighted by Gasteiger charge is -2.15. The smallest absolute Gasteiger partial charge is 0.321 e. The zero-order valence-corrected chi connectivity index (χ0v) is 14.6. The second-order valence-corrected chi connectivity index (χ2v) is 6.22. The van der Waals surface area contributed by atoms with Crippen molar-refractivity contribution < 1.29 is 23.9 Å². The highest BCUT2D eigenvalue weighted by Crippen LogP contribution is 2.20. The monoisotopic (exact) mass is 365 g/mol. The first-order chi connectivity index (χ1) is 12.5. The molecule has 0 aromatic heterocycles. The van der Waals surface area contributed by atoms with Gasteiger partial charge in [0.15, 0.2) is 0 Å². The molecule has 3 amide bonds. The van der Waals surface area contributed by atoms with Gasteiger partial charge in [0.2, 0.25) is 0 Å². The van der Waals surface area contributed by atoms with E-state index in [1.807, 2.05) is 0 Å². The first-order valence-electron chi connectivity index (χ1n) is 8.84. The average Bonchev–Trinajstić information content (AvgIpc) is 3.03. The predicted molar refractivity (Wildman–Crippen MR) is 94.8 cm³/mol. The molecular weight excluding hydrogens is 341 g/mol. The number of urea groups is 1. The third kappa shape index (κ3) is 5.72. The Kier molecular flexibility index (Phi) is 7.37. The zero-order chi connectivity index (χ0) is 18.9. The molecule has 2 rings (SSSR count). The molecule has 1 aliphatic heterocycles. The quantitative estimate of drug-likeness (QED) is 0.555. The number of benzene rings is 1. The second-order valence-electron chi connectivity index (χ2n) is 6.22. The molecule has 0 spiro atoms. The number of anilines is 1. The fraction of sp³-hybridized carbons (Fsp3) is 0.500. The summed E-state index contributed by atoms with van der Waals surface area (Å²) >= 11 is 0. The van der Waals surface area contributed by atoms with Gasteiger partial charge in [-0.05, 0) is 31.0 Å². The van der Waals surface area contributed by atoms with Gasteiger partial charge >= 0.3 is 12.0 Å². The van der Waals surface area contributed by atoms with Crippen LogP contribution in [0.4, 0.5) is 14.9 Å². The highest BCUT2D eigenvalue weighted by molar-refractivity contribution is 5.98. The van der Waals surface area contributed by atoms with Crippen LogP contribution in [0.2, 0.25) is 0 Å². The number of carboxylic acid groups (broad SMARTS) is 1. The topological polar surface area (TPSA) is 98.7 Å². The Bertz CT molecular complexity index is 666. The molecule has 1 aromatic rings. The highest BCUT2D eigenvalue weighted by atomic mass is 19.1. The van der Waals surface area contributed by atoms with E-state index in [4.69, 9.17) is 5.11 Å². The van der Waals surface area contributed by atoms with E-state index in [1.54, 1.807) is 0 Å². The third-order valence-electron chi connectivity index (χ3n) is 4.22. The molecule has 0 aliphatic carbocycles. The molecule has 142 valence electrons. The summed E-state index contributed by atoms with van der Waals surface area (Å²) in [6.07, 6.45) is 4.20. The maximum absolute atomic E-state index is 14.0. The molecule has 0 saturated carbocycles. The minimum atomic E-state index is -0.784. The van der Waals surface area contributed by atoms with Gasteiger partial charge in [0.25, 0.3) is 5.91 Å². The lowest BCUT2D eigenvalue weighted by molar-refractivity contribution is -0.137. The van der Waals surface area contributed by atoms with Crippen molar-refractivity contribution in [1.29, 1.82) is 0 Å². The minimum Gasteiger partial charge on any atom is -0.481 e. The molecule has 0 atom stereocenters. The minimum absolute atomic E-state index is 0.0799. The lowest BCUT2D eigenvalue weighted by Crippen LogP contribution is -2.29. The van der Waals surface area contributed by atoms with E-state index < -0.39 is 17.7 Å². The SMILES string of the molecule is O=C(O)CCCCCCCNC(=O)c1cc(N2CCNC2=O)ccc1F. The maximum Gasteiger partial charge on any atom is 0.321 e. The predicted octanol–water partition coefficient (Wildman–Crippen LogP) is 2.51. The van der Waals surface area contributed by atoms with Crippen molar-refractivity contribution in [3.8, 4) is 0 Å². The Balaban J connectivity index is 1.76. The molecule has 1 heterocycles. The van der Waals surface area contributed by atoms with Gasteiger partial charge in [-0.2, -0.15) is 0 Å². The summed E-state index contributed by atoms with van der Waals surface area (Å²) in [5.74, 6) is -1.91. The number of carboxylic acids is 1. The summed E-state index contributed by atoms with van der Waals surface area (Å²) in [7, 11) is 0. The van der Waals surface area contributed by atoms with E-state index in [-0.39, 0.29) is 18.0 Å². The number of halogens is 1. The number of carbonyl (C=O) groups is 3. The van der Waals surface area contributed by atoms with Crippen LogP contribution >= 0.6 is 0 Å². The number of hydrogen-bond acceptors (Lipinski definition) is 3. The van der Waals surface area contributed by atoms with Crippen molar-refractivity contribution in [2.45, 2.75) is 38.5 Å². The van der Waals surface area contributed by atoms with Crippen LogP contribution in [-0.4, -0.2) is 42.6 Å². The summed E-state index contributed by atoms with van der Waals surface area (Å²) in [6, 6.07) is 3.80. The third-order valence-corrected chi connectivity index (χ3v) is 4.22. The van der Waals surface area contributed by atoms with E-state index in [2.05, 4.69) is 10.6 Å². The van der Waals surface area contributed by atoms with Gasteiger partial charge in [0.05, 0.1) is 5.56 Å². The summed E-state index contributed by atoms with van der Waals surface area (Å²) < 4.78 is 14.0. The Hall–Kier alpha value is -2.64. The number of aliphatic carboxylic acids is 1. The molecule has 0 bridgehead atoms. The Morgan fingerprint density at radius 1 is 1.19 bits per heavy atom. The van der Waals surface area contributed by atoms with Crippen LogP contribution in [-0.2, 0) is 4.79 Å². The van der Waals surface area contributed by atoms with Gasteiger partial charge < -0.3 is 15.7 Å². The van der Waals surface area contributed by atoms with Crippen molar-refractivity contribution in [2.24, 2.45) is 0 Å². The van der Waals surface area contributed by atoms with Crippen LogP contribution in [0.3, 0.4) is 0 Å². The van der Waals surface area contributed by atoms with Crippen molar-refractivity contribution in [3.63, 3.8) is 0 Å². The van der Waals surface area contributed by atoms with E-state index in [0.29, 0.717) is 31.7 Å². The van der Waals surface area contributed by atoms with Crippen molar-refractivity contribution in [3.05, 3.63) is 29.6 Å². The molecule has 0 radical (unpaired) electrons. The van der Waals surface area contributed by atoms with E-state index in [0.717, 1.165) is 25.7 Å². The van der Waals surface area contributed by atoms with Crippen molar-refractivity contribution >= 4 is 23.6 Å². The van der Waals surface area contributed by atoms with E-state index >= 15 is 0 Å². The fourth-order valence-corrected chi connectivity index (χ4v) is 2.80. The van der Waals surface area contributed by atoms with Gasteiger partial charge in [-0.3, -0.25) is 14.5 Å². The van der Waals surface area contributed by atoms with Gasteiger partial charge in [0, 0.05) is 31.7 Å². The normalized spacial score (nSPS) is 13.6. The van der Waals surface area contributed by atoms with Gasteiger partial charge in [-0.1, -0.05) is 19.3 Å². The number of hydrogen-bond donors (Lipinski definition) is 3. The average molecular weight is 365 g/mol. The number of nitrogens with zero attached hydrogens (tertiary/aromatic N) is 1. The van der Waals surface area contributed by atoms with Crippen LogP contribution in [0.25, 0.3) is 0 Å². The second kappa shape index (κ2) is 9.74. The first-order valence-corrected chi connectivity index (χ1v) is 8.84. The van der Waals surface area contributed by atoms with Crippen LogP contribution in [0, 0.1) is 5.82 Å². The molecular formula is C18H24FN3O4. The molecule has 0 unspecified atom stereocenters. The summed E-state index contributed by atoms with van der Waals surface area (Å²) in [4.78, 5) is 35.7. The van der Waals surface area contributed by atoms with Crippen LogP contribution in [0.1, 0.15) is 48.9 Å². The number of amides is 3. The van der Waals surface area contributed by atoms with Crippen LogP contribution in [0.15, 0.2) is 18.2 Å². The maximum atomic E-state index is 14.0. The zero-order valence-electron chi connectivity index (χ0n) is 14.6. The van der Waals surface area contributed by atoms with E-state index in [9.17, 15) is 18.8 Å². The molecule has 1 aromatic carbocycles. The standard InChI is InChI=1S/C18H24FN3O4/c19-15-8-7-13(22-11-10-21-18(22)26)12-14(15)17(25)20-9-5-3-1-2-4-6-16(23)24/h7-8,12H,1-6,9-11H2,(H,20,25)(H,21,26)(H,23,24). The van der Waals surface area contributed by atoms with Crippen molar-refractivity contribution in [2.75, 3.05) is 24.5 Å². The number of nitrogens with one attached hydrogen (secondary N) is 2. The Morgan fingerprint density at radius 3 is 2.62 bits per heavy atom. The number of unbranched alkanes of at least 4 members (excludes halogenated alkanes) is 4. The molecule has 1 aliphatic rings. The highest BCUT2D eigenvalue weighted by Gasteiger charge is 2.23. The Labute approximate surface area is 151 Å². The van der Waals surface area contributed by atoms with Gasteiger partial charge in [-0.15, -0.1) is 0 Å². The summed E-state index contributed by atoms with van der Waals surface area (Å²) in [5, 5.41) is 13.9. The molecule has 1 fully saturated rings. The first kappa shape index (κ1) is 19.7. The van der Waals surface area contributed by atoms with E-state index in [1.165, 1.54) is 23.1 Å². The summed E-state index contributed by atoms with van der Waals surface area (Å²) in [6.45, 7) is 1.42. The largest absolute Gasteiger partial charge is 0.481 e. The molecule has 8 heteroatoms. The molecule has 3 N–H and O–H groups in total. The van der Waals surface area contributed by atoms with Gasteiger partial charge in [0.1, 0.15) is 5.82 Å². The molecule has 26 heavy (non-hydrogen) atoms. The number of carbonyl (C=O) groups excluding carboxylic acids is 2. The molecule has 7 nitrogen and oxygen atoms in total. The molecule has 1 saturated heterocycles. The van der Waals surface area contributed by atoms with Crippen molar-refractivity contribution in [1.82, 2.24) is 10.6 Å². The summed E-state index contributed by atoms with van der Waals surface area (Å²) in [5.41, 5.74) is 0.411. The van der Waals surface area contributed by atoms with Crippen LogP contribution < -0.4 is 15.5 Å². The van der Waals surface area contributed by atoms with Gasteiger partial charge in [-0.25, -0.2) is 9.18 Å². The Morgan fingerprint density at radius 2 is 1.92 bits per heavy atom. The van der Waals surface area contributed by atoms with Crippen LogP contribution in [0.5, 0.6) is 0 Å². The number of rotatable bonds is 10.